The number of rotatable bonds is 6. The number of halogens is 2. The highest BCUT2D eigenvalue weighted by molar-refractivity contribution is 6.05. The zero-order valence-corrected chi connectivity index (χ0v) is 25.3. The molecular formula is C34H49F2N3. The lowest BCUT2D eigenvalue weighted by atomic mass is 9.98. The topological polar surface area (TPSA) is 36.4 Å². The Kier molecular flexibility index (Phi) is 16.4. The molecule has 0 aliphatic carbocycles. The Morgan fingerprint density at radius 1 is 0.795 bits per heavy atom. The molecule has 2 N–H and O–H groups in total. The molecule has 1 unspecified atom stereocenters. The summed E-state index contributed by atoms with van der Waals surface area (Å²) in [5.74, 6) is 0.0182. The molecular weight excluding hydrogens is 488 g/mol. The van der Waals surface area contributed by atoms with Gasteiger partial charge in [0, 0.05) is 24.4 Å². The molecule has 1 aliphatic heterocycles. The maximum Gasteiger partial charge on any atom is 0.131 e. The van der Waals surface area contributed by atoms with Crippen LogP contribution >= 0.6 is 0 Å². The van der Waals surface area contributed by atoms with Gasteiger partial charge in [-0.15, -0.1) is 0 Å². The van der Waals surface area contributed by atoms with Gasteiger partial charge in [0.2, 0.25) is 0 Å². The molecule has 0 radical (unpaired) electrons. The van der Waals surface area contributed by atoms with Crippen molar-refractivity contribution in [3.8, 4) is 0 Å². The molecule has 214 valence electrons. The molecule has 3 aromatic rings. The predicted molar refractivity (Wildman–Crippen MR) is 166 cm³/mol. The summed E-state index contributed by atoms with van der Waals surface area (Å²) in [6.07, 6.45) is 6.51. The third-order valence-electron chi connectivity index (χ3n) is 6.09. The molecule has 4 rings (SSSR count). The van der Waals surface area contributed by atoms with Crippen LogP contribution in [0, 0.1) is 18.6 Å². The normalized spacial score (nSPS) is 14.2. The molecule has 39 heavy (non-hydrogen) atoms. The van der Waals surface area contributed by atoms with Crippen LogP contribution in [-0.2, 0) is 12.8 Å². The zero-order valence-electron chi connectivity index (χ0n) is 25.3. The van der Waals surface area contributed by atoms with Crippen LogP contribution in [0.3, 0.4) is 0 Å². The highest BCUT2D eigenvalue weighted by Gasteiger charge is 2.23. The van der Waals surface area contributed by atoms with Gasteiger partial charge in [-0.3, -0.25) is 4.99 Å². The van der Waals surface area contributed by atoms with Crippen LogP contribution in [0.2, 0.25) is 0 Å². The molecule has 1 atom stereocenters. The van der Waals surface area contributed by atoms with Crippen molar-refractivity contribution in [2.75, 3.05) is 12.4 Å². The summed E-state index contributed by atoms with van der Waals surface area (Å²) in [5, 5.41) is 7.13. The first-order valence-corrected chi connectivity index (χ1v) is 14.5. The Bertz CT molecular complexity index is 1140. The van der Waals surface area contributed by atoms with Gasteiger partial charge in [0.15, 0.2) is 0 Å². The van der Waals surface area contributed by atoms with Gasteiger partial charge < -0.3 is 10.6 Å². The van der Waals surface area contributed by atoms with E-state index in [-0.39, 0.29) is 6.17 Å². The van der Waals surface area contributed by atoms with Crippen LogP contribution in [0.15, 0.2) is 65.7 Å². The summed E-state index contributed by atoms with van der Waals surface area (Å²) in [5.41, 5.74) is 6.33. The van der Waals surface area contributed by atoms with Crippen LogP contribution in [0.4, 0.5) is 14.5 Å². The Morgan fingerprint density at radius 2 is 1.44 bits per heavy atom. The lowest BCUT2D eigenvalue weighted by molar-refractivity contribution is 0.572. The average Bonchev–Trinajstić information content (AvgIpc) is 2.96. The fourth-order valence-corrected chi connectivity index (χ4v) is 4.20. The Labute approximate surface area is 236 Å². The van der Waals surface area contributed by atoms with E-state index in [1.165, 1.54) is 36.5 Å². The van der Waals surface area contributed by atoms with Gasteiger partial charge in [0.1, 0.15) is 23.6 Å². The fourth-order valence-electron chi connectivity index (χ4n) is 4.20. The molecule has 3 nitrogen and oxygen atoms in total. The minimum absolute atomic E-state index is 0.0710. The number of para-hydroxylation sites is 1. The second kappa shape index (κ2) is 18.9. The smallest absolute Gasteiger partial charge is 0.131 e. The predicted octanol–water partition coefficient (Wildman–Crippen LogP) is 9.79. The zero-order chi connectivity index (χ0) is 29.2. The van der Waals surface area contributed by atoms with Crippen LogP contribution in [0.25, 0.3) is 0 Å². The lowest BCUT2D eigenvalue weighted by Gasteiger charge is -2.31. The number of hydrogen-bond donors (Lipinski definition) is 2. The number of fused-ring (bicyclic) bond motifs is 1. The maximum atomic E-state index is 12.9. The van der Waals surface area contributed by atoms with Crippen molar-refractivity contribution < 1.29 is 8.78 Å². The van der Waals surface area contributed by atoms with Gasteiger partial charge in [-0.05, 0) is 66.6 Å². The summed E-state index contributed by atoms with van der Waals surface area (Å²) in [6, 6.07) is 19.3. The number of hydrogen-bond acceptors (Lipinski definition) is 2. The number of nitrogens with one attached hydrogen (secondary N) is 2. The van der Waals surface area contributed by atoms with Crippen molar-refractivity contribution in [3.63, 3.8) is 0 Å². The molecule has 3 aromatic carbocycles. The molecule has 0 aromatic heterocycles. The summed E-state index contributed by atoms with van der Waals surface area (Å²) in [7, 11) is 1.84. The second-order valence-electron chi connectivity index (χ2n) is 9.27. The summed E-state index contributed by atoms with van der Waals surface area (Å²) >= 11 is 0. The number of unbranched alkanes of at least 4 members (excludes halogenated alkanes) is 1. The van der Waals surface area contributed by atoms with Crippen molar-refractivity contribution >= 4 is 11.5 Å². The average molecular weight is 538 g/mol. The number of anilines is 1. The van der Waals surface area contributed by atoms with E-state index in [0.29, 0.717) is 5.56 Å². The Morgan fingerprint density at radius 3 is 2.08 bits per heavy atom. The summed E-state index contributed by atoms with van der Waals surface area (Å²) < 4.78 is 25.6. The molecule has 0 saturated carbocycles. The van der Waals surface area contributed by atoms with Gasteiger partial charge in [-0.1, -0.05) is 97.2 Å². The number of aryl methyl sites for hydroxylation is 2. The van der Waals surface area contributed by atoms with E-state index in [4.69, 9.17) is 0 Å². The molecule has 1 heterocycles. The molecule has 0 fully saturated rings. The Balaban J connectivity index is 0.000000378. The van der Waals surface area contributed by atoms with Crippen molar-refractivity contribution in [2.45, 2.75) is 93.2 Å². The Hall–Kier alpha value is -3.21. The lowest BCUT2D eigenvalue weighted by Crippen LogP contribution is -2.39. The van der Waals surface area contributed by atoms with E-state index in [2.05, 4.69) is 78.9 Å². The van der Waals surface area contributed by atoms with Crippen molar-refractivity contribution in [1.29, 1.82) is 0 Å². The third kappa shape index (κ3) is 10.5. The largest absolute Gasteiger partial charge is 0.361 e. The standard InChI is InChI=1S/C19H23N3.C10H12F2.C3H8.C2H6/c1-3-4-9-14-10-5-6-11-15(14)19-21-17-13-8-7-12-16(17)18(20-2)22-19;1-3-4-8-5-9(11)6-10(12)7(8)2;1-3-2;1-2/h5-8,10-13,19,21H,3-4,9H2,1-2H3,(H,20,22);5-6H,3-4H2,1-2H3;3H2,1-2H3;1-2H3. The molecule has 0 spiro atoms. The van der Waals surface area contributed by atoms with Crippen molar-refractivity contribution in [2.24, 2.45) is 4.99 Å². The summed E-state index contributed by atoms with van der Waals surface area (Å²) in [6.45, 7) is 14.2. The minimum atomic E-state index is -0.485. The summed E-state index contributed by atoms with van der Waals surface area (Å²) in [4.78, 5) is 4.42. The quantitative estimate of drug-likeness (QED) is 0.328. The van der Waals surface area contributed by atoms with Gasteiger partial charge in [0.25, 0.3) is 0 Å². The molecule has 0 saturated heterocycles. The number of nitrogens with zero attached hydrogens (tertiary/aromatic N) is 1. The molecule has 0 bridgehead atoms. The highest BCUT2D eigenvalue weighted by Crippen LogP contribution is 2.28. The van der Waals surface area contributed by atoms with E-state index in [1.807, 2.05) is 33.9 Å². The molecule has 0 amide bonds. The highest BCUT2D eigenvalue weighted by atomic mass is 19.1. The first-order valence-electron chi connectivity index (χ1n) is 14.5. The van der Waals surface area contributed by atoms with E-state index in [9.17, 15) is 8.78 Å². The van der Waals surface area contributed by atoms with Crippen LogP contribution < -0.4 is 10.6 Å². The molecule has 1 aliphatic rings. The first kappa shape index (κ1) is 33.8. The SMILES string of the molecule is CC.CCC.CCCCc1ccccc1C1NC(=NC)c2ccccc2N1.CCCc1cc(F)cc(F)c1C. The van der Waals surface area contributed by atoms with Crippen LogP contribution in [0.1, 0.15) is 101 Å². The van der Waals surface area contributed by atoms with Gasteiger partial charge >= 0.3 is 0 Å². The van der Waals surface area contributed by atoms with Gasteiger partial charge in [-0.2, -0.15) is 0 Å². The second-order valence-corrected chi connectivity index (χ2v) is 9.27. The minimum Gasteiger partial charge on any atom is -0.361 e. The number of aliphatic imine (C=N–C) groups is 1. The van der Waals surface area contributed by atoms with E-state index >= 15 is 0 Å². The van der Waals surface area contributed by atoms with Crippen molar-refractivity contribution in [3.05, 3.63) is 100 Å². The van der Waals surface area contributed by atoms with E-state index in [0.717, 1.165) is 48.0 Å². The van der Waals surface area contributed by atoms with E-state index in [1.54, 1.807) is 6.92 Å². The van der Waals surface area contributed by atoms with Crippen LogP contribution in [0.5, 0.6) is 0 Å². The number of amidine groups is 1. The maximum absolute atomic E-state index is 12.9. The number of benzene rings is 3. The molecule has 5 heteroatoms. The first-order chi connectivity index (χ1) is 18.9. The fraction of sp³-hybridized carbons (Fsp3) is 0.441. The van der Waals surface area contributed by atoms with Crippen LogP contribution in [-0.4, -0.2) is 12.9 Å². The van der Waals surface area contributed by atoms with Gasteiger partial charge in [-0.25, -0.2) is 8.78 Å². The monoisotopic (exact) mass is 537 g/mol. The third-order valence-corrected chi connectivity index (χ3v) is 6.09. The van der Waals surface area contributed by atoms with Gasteiger partial charge in [0.05, 0.1) is 0 Å². The van der Waals surface area contributed by atoms with Crippen molar-refractivity contribution in [1.82, 2.24) is 5.32 Å². The van der Waals surface area contributed by atoms with E-state index < -0.39 is 11.6 Å².